The smallest absolute Gasteiger partial charge is 0.0278 e. The van der Waals surface area contributed by atoms with Gasteiger partial charge in [-0.15, -0.1) is 0 Å². The van der Waals surface area contributed by atoms with Gasteiger partial charge in [0.05, 0.1) is 0 Å². The molecule has 0 rings (SSSR count). The Morgan fingerprint density at radius 3 is 2.21 bits per heavy atom. The van der Waals surface area contributed by atoms with Crippen molar-refractivity contribution in [1.29, 1.82) is 0 Å². The van der Waals surface area contributed by atoms with Crippen LogP contribution in [0.5, 0.6) is 0 Å². The zero-order valence-corrected chi connectivity index (χ0v) is 10.6. The third-order valence-electron chi connectivity index (χ3n) is 3.15. The maximum absolute atomic E-state index is 5.83. The second-order valence-corrected chi connectivity index (χ2v) is 4.82. The fourth-order valence-corrected chi connectivity index (χ4v) is 1.79. The molecule has 0 heterocycles. The minimum atomic E-state index is 0.143. The summed E-state index contributed by atoms with van der Waals surface area (Å²) >= 11 is 0. The first kappa shape index (κ1) is 13.9. The van der Waals surface area contributed by atoms with E-state index in [1.807, 2.05) is 0 Å². The highest BCUT2D eigenvalue weighted by Crippen LogP contribution is 2.19. The van der Waals surface area contributed by atoms with Crippen LogP contribution in [0.25, 0.3) is 0 Å². The molecule has 0 amide bonds. The summed E-state index contributed by atoms with van der Waals surface area (Å²) in [6.07, 6.45) is 3.73. The number of nitrogens with two attached hydrogens (primary N) is 1. The van der Waals surface area contributed by atoms with E-state index in [1.54, 1.807) is 0 Å². The van der Waals surface area contributed by atoms with Crippen LogP contribution in [-0.2, 0) is 0 Å². The van der Waals surface area contributed by atoms with Crippen molar-refractivity contribution in [2.45, 2.75) is 65.5 Å². The fraction of sp³-hybridized carbons (Fsp3) is 1.00. The van der Waals surface area contributed by atoms with Gasteiger partial charge >= 0.3 is 0 Å². The molecule has 2 heteroatoms. The molecule has 0 saturated heterocycles. The van der Waals surface area contributed by atoms with Crippen LogP contribution >= 0.6 is 0 Å². The van der Waals surface area contributed by atoms with Crippen LogP contribution in [-0.4, -0.2) is 29.6 Å². The molecular formula is C12H28N2. The van der Waals surface area contributed by atoms with Crippen molar-refractivity contribution in [3.8, 4) is 0 Å². The second-order valence-electron chi connectivity index (χ2n) is 4.82. The van der Waals surface area contributed by atoms with Crippen LogP contribution in [0.15, 0.2) is 0 Å². The second kappa shape index (κ2) is 6.41. The first-order valence-corrected chi connectivity index (χ1v) is 5.96. The first-order valence-electron chi connectivity index (χ1n) is 5.96. The molecule has 2 N–H and O–H groups in total. The lowest BCUT2D eigenvalue weighted by molar-refractivity contribution is 0.0785. The molecule has 0 aromatic rings. The van der Waals surface area contributed by atoms with Gasteiger partial charge in [-0.3, -0.25) is 4.90 Å². The molecule has 0 aromatic heterocycles. The van der Waals surface area contributed by atoms with Crippen molar-refractivity contribution >= 4 is 0 Å². The van der Waals surface area contributed by atoms with Crippen LogP contribution in [0.1, 0.15) is 53.9 Å². The van der Waals surface area contributed by atoms with E-state index in [0.29, 0.717) is 6.04 Å². The van der Waals surface area contributed by atoms with E-state index in [1.165, 1.54) is 25.8 Å². The molecule has 0 spiro atoms. The van der Waals surface area contributed by atoms with Gasteiger partial charge in [0.25, 0.3) is 0 Å². The summed E-state index contributed by atoms with van der Waals surface area (Å²) < 4.78 is 0. The van der Waals surface area contributed by atoms with Crippen molar-refractivity contribution in [3.05, 3.63) is 0 Å². The molecule has 0 radical (unpaired) electrons. The molecule has 0 aliphatic carbocycles. The average Bonchev–Trinajstić information content (AvgIpc) is 2.17. The van der Waals surface area contributed by atoms with Gasteiger partial charge in [0.1, 0.15) is 0 Å². The number of nitrogens with zero attached hydrogens (tertiary/aromatic N) is 1. The standard InChI is InChI=1S/C12H28N2/c1-6-8-9-14(11(3)7-2)12(4,5)10-13/h11H,6-10,13H2,1-5H3. The van der Waals surface area contributed by atoms with Crippen LogP contribution in [0.3, 0.4) is 0 Å². The van der Waals surface area contributed by atoms with Gasteiger partial charge in [-0.2, -0.15) is 0 Å². The molecule has 0 aliphatic heterocycles. The predicted octanol–water partition coefficient (Wildman–Crippen LogP) is 2.62. The van der Waals surface area contributed by atoms with Crippen molar-refractivity contribution in [2.75, 3.05) is 13.1 Å². The Bertz CT molecular complexity index is 143. The topological polar surface area (TPSA) is 29.3 Å². The Labute approximate surface area is 89.9 Å². The van der Waals surface area contributed by atoms with Crippen LogP contribution < -0.4 is 5.73 Å². The predicted molar refractivity (Wildman–Crippen MR) is 64.5 cm³/mol. The summed E-state index contributed by atoms with van der Waals surface area (Å²) in [7, 11) is 0. The van der Waals surface area contributed by atoms with Crippen molar-refractivity contribution in [2.24, 2.45) is 5.73 Å². The van der Waals surface area contributed by atoms with E-state index in [9.17, 15) is 0 Å². The lowest BCUT2D eigenvalue weighted by Crippen LogP contribution is -2.53. The highest BCUT2D eigenvalue weighted by molar-refractivity contribution is 4.85. The van der Waals surface area contributed by atoms with E-state index in [4.69, 9.17) is 5.73 Å². The Kier molecular flexibility index (Phi) is 6.38. The van der Waals surface area contributed by atoms with Gasteiger partial charge in [0, 0.05) is 18.1 Å². The van der Waals surface area contributed by atoms with Crippen LogP contribution in [0.2, 0.25) is 0 Å². The van der Waals surface area contributed by atoms with E-state index >= 15 is 0 Å². The Morgan fingerprint density at radius 1 is 1.29 bits per heavy atom. The quantitative estimate of drug-likeness (QED) is 0.684. The average molecular weight is 200 g/mol. The summed E-state index contributed by atoms with van der Waals surface area (Å²) in [5.41, 5.74) is 5.97. The summed E-state index contributed by atoms with van der Waals surface area (Å²) in [5, 5.41) is 0. The van der Waals surface area contributed by atoms with Gasteiger partial charge in [-0.05, 0) is 40.2 Å². The van der Waals surface area contributed by atoms with Crippen LogP contribution in [0.4, 0.5) is 0 Å². The van der Waals surface area contributed by atoms with Crippen LogP contribution in [0, 0.1) is 0 Å². The zero-order valence-electron chi connectivity index (χ0n) is 10.6. The van der Waals surface area contributed by atoms with Crippen molar-refractivity contribution in [3.63, 3.8) is 0 Å². The molecule has 0 aliphatic rings. The molecule has 0 aromatic carbocycles. The molecule has 14 heavy (non-hydrogen) atoms. The minimum Gasteiger partial charge on any atom is -0.329 e. The zero-order chi connectivity index (χ0) is 11.2. The number of rotatable bonds is 7. The fourth-order valence-electron chi connectivity index (χ4n) is 1.79. The number of hydrogen-bond acceptors (Lipinski definition) is 2. The first-order chi connectivity index (χ1) is 6.49. The number of unbranched alkanes of at least 4 members (excludes halogenated alkanes) is 1. The van der Waals surface area contributed by atoms with E-state index in [0.717, 1.165) is 6.54 Å². The summed E-state index contributed by atoms with van der Waals surface area (Å²) in [6, 6.07) is 0.639. The van der Waals surface area contributed by atoms with E-state index < -0.39 is 0 Å². The van der Waals surface area contributed by atoms with Crippen molar-refractivity contribution < 1.29 is 0 Å². The van der Waals surface area contributed by atoms with E-state index in [-0.39, 0.29) is 5.54 Å². The molecule has 1 atom stereocenters. The van der Waals surface area contributed by atoms with Gasteiger partial charge in [0.15, 0.2) is 0 Å². The summed E-state index contributed by atoms with van der Waals surface area (Å²) in [6.45, 7) is 13.2. The normalized spacial score (nSPS) is 14.8. The van der Waals surface area contributed by atoms with Crippen molar-refractivity contribution in [1.82, 2.24) is 4.90 Å². The Morgan fingerprint density at radius 2 is 1.86 bits per heavy atom. The highest BCUT2D eigenvalue weighted by atomic mass is 15.2. The highest BCUT2D eigenvalue weighted by Gasteiger charge is 2.27. The molecule has 0 fully saturated rings. The largest absolute Gasteiger partial charge is 0.329 e. The SMILES string of the molecule is CCCCN(C(C)CC)C(C)(C)CN. The third-order valence-corrected chi connectivity index (χ3v) is 3.15. The molecule has 0 saturated carbocycles. The lowest BCUT2D eigenvalue weighted by atomic mass is 9.99. The monoisotopic (exact) mass is 200 g/mol. The summed E-state index contributed by atoms with van der Waals surface area (Å²) in [5.74, 6) is 0. The van der Waals surface area contributed by atoms with E-state index in [2.05, 4.69) is 39.5 Å². The molecular weight excluding hydrogens is 172 g/mol. The van der Waals surface area contributed by atoms with Gasteiger partial charge in [-0.1, -0.05) is 20.3 Å². The molecule has 1 unspecified atom stereocenters. The maximum Gasteiger partial charge on any atom is 0.0278 e. The molecule has 0 bridgehead atoms. The minimum absolute atomic E-state index is 0.143. The number of hydrogen-bond donors (Lipinski definition) is 1. The maximum atomic E-state index is 5.83. The molecule has 2 nitrogen and oxygen atoms in total. The molecule has 86 valence electrons. The van der Waals surface area contributed by atoms with Gasteiger partial charge in [-0.25, -0.2) is 0 Å². The summed E-state index contributed by atoms with van der Waals surface area (Å²) in [4.78, 5) is 2.55. The lowest BCUT2D eigenvalue weighted by Gasteiger charge is -2.42. The Balaban J connectivity index is 4.37. The Hall–Kier alpha value is -0.0800. The third kappa shape index (κ3) is 3.97. The van der Waals surface area contributed by atoms with Gasteiger partial charge in [0.2, 0.25) is 0 Å². The van der Waals surface area contributed by atoms with Gasteiger partial charge < -0.3 is 5.73 Å².